The summed E-state index contributed by atoms with van der Waals surface area (Å²) in [5, 5.41) is 6.88. The van der Waals surface area contributed by atoms with Gasteiger partial charge in [0.2, 0.25) is 0 Å². The van der Waals surface area contributed by atoms with Gasteiger partial charge in [-0.25, -0.2) is 4.63 Å². The van der Waals surface area contributed by atoms with Gasteiger partial charge in [0.1, 0.15) is 6.20 Å². The first-order valence-corrected chi connectivity index (χ1v) is 4.10. The lowest BCUT2D eigenvalue weighted by atomic mass is 10.2. The summed E-state index contributed by atoms with van der Waals surface area (Å²) in [5.41, 5.74) is 0.273. The molecule has 0 aliphatic carbocycles. The van der Waals surface area contributed by atoms with E-state index in [1.807, 2.05) is 6.08 Å². The third-order valence-corrected chi connectivity index (χ3v) is 1.93. The van der Waals surface area contributed by atoms with Crippen molar-refractivity contribution in [2.24, 2.45) is 0 Å². The third kappa shape index (κ3) is 1.58. The summed E-state index contributed by atoms with van der Waals surface area (Å²) >= 11 is 0. The Morgan fingerprint density at radius 1 is 1.54 bits per heavy atom. The smallest absolute Gasteiger partial charge is 0.278 e. The molecule has 1 aliphatic rings. The molecule has 1 aromatic heterocycles. The van der Waals surface area contributed by atoms with Crippen LogP contribution in [-0.4, -0.2) is 34.2 Å². The minimum absolute atomic E-state index is 0.120. The van der Waals surface area contributed by atoms with Crippen LogP contribution in [-0.2, 0) is 0 Å². The Morgan fingerprint density at radius 2 is 2.46 bits per heavy atom. The second kappa shape index (κ2) is 3.38. The van der Waals surface area contributed by atoms with Crippen LogP contribution in [0.3, 0.4) is 0 Å². The highest BCUT2D eigenvalue weighted by Gasteiger charge is 2.18. The van der Waals surface area contributed by atoms with Crippen molar-refractivity contribution < 1.29 is 9.42 Å². The molecule has 0 radical (unpaired) electrons. The molecule has 0 spiro atoms. The van der Waals surface area contributed by atoms with E-state index in [4.69, 9.17) is 0 Å². The second-order valence-electron chi connectivity index (χ2n) is 2.80. The molecule has 0 fully saturated rings. The molecule has 13 heavy (non-hydrogen) atoms. The number of amides is 1. The Labute approximate surface area is 75.0 Å². The molecule has 0 N–H and O–H groups in total. The van der Waals surface area contributed by atoms with Gasteiger partial charge in [0.15, 0.2) is 5.69 Å². The first-order chi connectivity index (χ1) is 6.38. The fourth-order valence-electron chi connectivity index (χ4n) is 1.25. The van der Waals surface area contributed by atoms with E-state index in [0.29, 0.717) is 6.54 Å². The van der Waals surface area contributed by atoms with Gasteiger partial charge >= 0.3 is 0 Å². The quantitative estimate of drug-likeness (QED) is 0.588. The van der Waals surface area contributed by atoms with Gasteiger partial charge in [0.25, 0.3) is 5.91 Å². The molecule has 1 aliphatic heterocycles. The van der Waals surface area contributed by atoms with E-state index in [1.165, 1.54) is 6.20 Å². The summed E-state index contributed by atoms with van der Waals surface area (Å²) < 4.78 is 4.36. The van der Waals surface area contributed by atoms with Crippen molar-refractivity contribution in [1.29, 1.82) is 0 Å². The van der Waals surface area contributed by atoms with Crippen LogP contribution in [0.25, 0.3) is 0 Å². The minimum Gasteiger partial charge on any atom is -0.333 e. The summed E-state index contributed by atoms with van der Waals surface area (Å²) in [4.78, 5) is 13.3. The molecule has 2 heterocycles. The number of aromatic nitrogens is 2. The summed E-state index contributed by atoms with van der Waals surface area (Å²) in [6, 6.07) is 0. The Balaban J connectivity index is 2.09. The molecule has 68 valence electrons. The zero-order chi connectivity index (χ0) is 9.10. The lowest BCUT2D eigenvalue weighted by molar-refractivity contribution is 0.0760. The van der Waals surface area contributed by atoms with Gasteiger partial charge in [-0.3, -0.25) is 4.79 Å². The molecule has 0 unspecified atom stereocenters. The maximum Gasteiger partial charge on any atom is 0.278 e. The molecule has 1 aromatic rings. The highest BCUT2D eigenvalue weighted by molar-refractivity contribution is 5.91. The van der Waals surface area contributed by atoms with Gasteiger partial charge in [-0.05, 0) is 11.6 Å². The van der Waals surface area contributed by atoms with Crippen molar-refractivity contribution in [3.8, 4) is 0 Å². The van der Waals surface area contributed by atoms with Crippen LogP contribution < -0.4 is 0 Å². The zero-order valence-corrected chi connectivity index (χ0v) is 7.01. The maximum atomic E-state index is 11.6. The standard InChI is InChI=1S/C8H9N3O2/c12-8(7-6-9-13-10-7)11-4-2-1-3-5-11/h1-2,6H,3-5H2. The molecule has 0 aromatic carbocycles. The van der Waals surface area contributed by atoms with Gasteiger partial charge in [-0.2, -0.15) is 0 Å². The normalized spacial score (nSPS) is 16.2. The third-order valence-electron chi connectivity index (χ3n) is 1.93. The Hall–Kier alpha value is -1.65. The van der Waals surface area contributed by atoms with Crippen molar-refractivity contribution >= 4 is 5.91 Å². The van der Waals surface area contributed by atoms with E-state index >= 15 is 0 Å². The summed E-state index contributed by atoms with van der Waals surface area (Å²) in [5.74, 6) is -0.120. The Morgan fingerprint density at radius 3 is 3.08 bits per heavy atom. The van der Waals surface area contributed by atoms with Crippen molar-refractivity contribution in [3.05, 3.63) is 24.0 Å². The second-order valence-corrected chi connectivity index (χ2v) is 2.80. The molecule has 1 amide bonds. The predicted molar refractivity (Wildman–Crippen MR) is 44.0 cm³/mol. The number of rotatable bonds is 1. The molecule has 5 heteroatoms. The lowest BCUT2D eigenvalue weighted by Gasteiger charge is -2.21. The minimum atomic E-state index is -0.120. The molecule has 0 bridgehead atoms. The van der Waals surface area contributed by atoms with Gasteiger partial charge in [-0.15, -0.1) is 0 Å². The highest BCUT2D eigenvalue weighted by atomic mass is 16.6. The molecular weight excluding hydrogens is 170 g/mol. The topological polar surface area (TPSA) is 59.2 Å². The summed E-state index contributed by atoms with van der Waals surface area (Å²) in [7, 11) is 0. The van der Waals surface area contributed by atoms with Gasteiger partial charge in [0, 0.05) is 13.1 Å². The van der Waals surface area contributed by atoms with Gasteiger partial charge in [-0.1, -0.05) is 17.3 Å². The molecule has 0 saturated carbocycles. The van der Waals surface area contributed by atoms with Crippen molar-refractivity contribution in [1.82, 2.24) is 15.2 Å². The molecular formula is C8H9N3O2. The fraction of sp³-hybridized carbons (Fsp3) is 0.375. The molecule has 2 rings (SSSR count). The van der Waals surface area contributed by atoms with Crippen LogP contribution in [0.5, 0.6) is 0 Å². The van der Waals surface area contributed by atoms with Crippen LogP contribution in [0.2, 0.25) is 0 Å². The van der Waals surface area contributed by atoms with E-state index in [2.05, 4.69) is 21.0 Å². The monoisotopic (exact) mass is 179 g/mol. The van der Waals surface area contributed by atoms with E-state index < -0.39 is 0 Å². The van der Waals surface area contributed by atoms with E-state index in [9.17, 15) is 4.79 Å². The molecule has 5 nitrogen and oxygen atoms in total. The van der Waals surface area contributed by atoms with E-state index in [1.54, 1.807) is 4.90 Å². The predicted octanol–water partition coefficient (Wildman–Crippen LogP) is 0.472. The average molecular weight is 179 g/mol. The SMILES string of the molecule is O=C(c1cnon1)N1CC=CCC1. The summed E-state index contributed by atoms with van der Waals surface area (Å²) in [6.45, 7) is 1.38. The number of carbonyl (C=O) groups is 1. The van der Waals surface area contributed by atoms with E-state index in [0.717, 1.165) is 13.0 Å². The Bertz CT molecular complexity index is 318. The lowest BCUT2D eigenvalue weighted by Crippen LogP contribution is -2.33. The number of nitrogens with zero attached hydrogens (tertiary/aromatic N) is 3. The van der Waals surface area contributed by atoms with Crippen LogP contribution in [0, 0.1) is 0 Å². The number of hydrogen-bond donors (Lipinski definition) is 0. The van der Waals surface area contributed by atoms with Crippen LogP contribution in [0.15, 0.2) is 23.0 Å². The first-order valence-electron chi connectivity index (χ1n) is 4.10. The highest BCUT2D eigenvalue weighted by Crippen LogP contribution is 2.05. The van der Waals surface area contributed by atoms with Gasteiger partial charge < -0.3 is 4.90 Å². The zero-order valence-electron chi connectivity index (χ0n) is 7.01. The number of hydrogen-bond acceptors (Lipinski definition) is 4. The number of carbonyl (C=O) groups excluding carboxylic acids is 1. The van der Waals surface area contributed by atoms with E-state index in [-0.39, 0.29) is 11.6 Å². The van der Waals surface area contributed by atoms with Crippen molar-refractivity contribution in [3.63, 3.8) is 0 Å². The van der Waals surface area contributed by atoms with Crippen LogP contribution in [0.1, 0.15) is 16.9 Å². The average Bonchev–Trinajstić information content (AvgIpc) is 2.71. The summed E-state index contributed by atoms with van der Waals surface area (Å²) in [6.07, 6.45) is 6.26. The van der Waals surface area contributed by atoms with Crippen molar-refractivity contribution in [2.45, 2.75) is 6.42 Å². The Kier molecular flexibility index (Phi) is 2.08. The van der Waals surface area contributed by atoms with Gasteiger partial charge in [0.05, 0.1) is 0 Å². The maximum absolute atomic E-state index is 11.6. The molecule has 0 atom stereocenters. The fourth-order valence-corrected chi connectivity index (χ4v) is 1.25. The molecule has 0 saturated heterocycles. The van der Waals surface area contributed by atoms with Crippen molar-refractivity contribution in [2.75, 3.05) is 13.1 Å². The first kappa shape index (κ1) is 7.97. The van der Waals surface area contributed by atoms with Crippen LogP contribution >= 0.6 is 0 Å². The largest absolute Gasteiger partial charge is 0.333 e. The van der Waals surface area contributed by atoms with Crippen LogP contribution in [0.4, 0.5) is 0 Å².